The SMILES string of the molecule is C=CC[n+]1ccc(C(C)=O)cc1.Cc1ccc(S(=O)(=O)[O-])cc1. The Bertz CT molecular complexity index is 763. The Hall–Kier alpha value is -2.31. The molecule has 0 amide bonds. The van der Waals surface area contributed by atoms with Gasteiger partial charge >= 0.3 is 0 Å². The van der Waals surface area contributed by atoms with E-state index in [4.69, 9.17) is 0 Å². The number of hydrogen-bond acceptors (Lipinski definition) is 4. The Morgan fingerprint density at radius 3 is 2.09 bits per heavy atom. The van der Waals surface area contributed by atoms with Crippen molar-refractivity contribution < 1.29 is 22.3 Å². The molecule has 0 bridgehead atoms. The number of Topliss-reactive ketones (excluding diaryl/α,β-unsaturated/α-hetero) is 1. The highest BCUT2D eigenvalue weighted by Crippen LogP contribution is 2.08. The fourth-order valence-corrected chi connectivity index (χ4v) is 2.14. The minimum Gasteiger partial charge on any atom is -0.744 e. The van der Waals surface area contributed by atoms with Crippen molar-refractivity contribution in [1.29, 1.82) is 0 Å². The molecule has 0 atom stereocenters. The predicted octanol–water partition coefficient (Wildman–Crippen LogP) is 2.26. The fraction of sp³-hybridized carbons (Fsp3) is 0.176. The number of nitrogens with zero attached hydrogens (tertiary/aromatic N) is 1. The molecule has 0 spiro atoms. The molecular weight excluding hydrogens is 314 g/mol. The number of pyridine rings is 1. The monoisotopic (exact) mass is 333 g/mol. The lowest BCUT2D eigenvalue weighted by Gasteiger charge is -2.05. The third-order valence-corrected chi connectivity index (χ3v) is 3.80. The van der Waals surface area contributed by atoms with E-state index < -0.39 is 10.1 Å². The van der Waals surface area contributed by atoms with Gasteiger partial charge in [0.2, 0.25) is 0 Å². The minimum atomic E-state index is -4.27. The van der Waals surface area contributed by atoms with Gasteiger partial charge in [-0.2, -0.15) is 0 Å². The summed E-state index contributed by atoms with van der Waals surface area (Å²) >= 11 is 0. The summed E-state index contributed by atoms with van der Waals surface area (Å²) in [6, 6.07) is 9.41. The highest BCUT2D eigenvalue weighted by molar-refractivity contribution is 7.85. The van der Waals surface area contributed by atoms with Gasteiger partial charge in [-0.3, -0.25) is 4.79 Å². The van der Waals surface area contributed by atoms with E-state index in [1.54, 1.807) is 19.1 Å². The maximum Gasteiger partial charge on any atom is 0.169 e. The van der Waals surface area contributed by atoms with Gasteiger partial charge < -0.3 is 4.55 Å². The van der Waals surface area contributed by atoms with Crippen LogP contribution in [0.3, 0.4) is 0 Å². The summed E-state index contributed by atoms with van der Waals surface area (Å²) in [5.74, 6) is 0.0979. The summed E-state index contributed by atoms with van der Waals surface area (Å²) in [7, 11) is -4.27. The van der Waals surface area contributed by atoms with Gasteiger partial charge in [-0.05, 0) is 32.1 Å². The van der Waals surface area contributed by atoms with Crippen LogP contribution < -0.4 is 4.57 Å². The number of ketones is 1. The van der Waals surface area contributed by atoms with Crippen molar-refractivity contribution in [2.75, 3.05) is 0 Å². The molecule has 0 radical (unpaired) electrons. The largest absolute Gasteiger partial charge is 0.744 e. The van der Waals surface area contributed by atoms with Crippen molar-refractivity contribution in [3.8, 4) is 0 Å². The number of aryl methyl sites for hydroxylation is 1. The van der Waals surface area contributed by atoms with E-state index in [9.17, 15) is 17.8 Å². The van der Waals surface area contributed by atoms with Gasteiger partial charge in [-0.15, -0.1) is 0 Å². The zero-order chi connectivity index (χ0) is 17.5. The van der Waals surface area contributed by atoms with Crippen LogP contribution in [0.15, 0.2) is 66.3 Å². The molecule has 0 N–H and O–H groups in total. The molecule has 2 aromatic rings. The first-order valence-electron chi connectivity index (χ1n) is 6.87. The Balaban J connectivity index is 0.000000231. The summed E-state index contributed by atoms with van der Waals surface area (Å²) in [6.45, 7) is 7.79. The number of hydrogen-bond donors (Lipinski definition) is 0. The molecule has 1 heterocycles. The second-order valence-corrected chi connectivity index (χ2v) is 6.28. The molecular formula is C17H19NO4S. The van der Waals surface area contributed by atoms with Crippen LogP contribution >= 0.6 is 0 Å². The lowest BCUT2D eigenvalue weighted by Crippen LogP contribution is -2.31. The maximum atomic E-state index is 10.9. The average molecular weight is 333 g/mol. The Morgan fingerprint density at radius 2 is 1.70 bits per heavy atom. The molecule has 0 saturated heterocycles. The molecule has 0 aliphatic heterocycles. The molecule has 0 unspecified atom stereocenters. The van der Waals surface area contributed by atoms with Crippen molar-refractivity contribution in [1.82, 2.24) is 0 Å². The van der Waals surface area contributed by atoms with E-state index >= 15 is 0 Å². The molecule has 5 nitrogen and oxygen atoms in total. The Morgan fingerprint density at radius 1 is 1.17 bits per heavy atom. The van der Waals surface area contributed by atoms with Crippen molar-refractivity contribution in [2.24, 2.45) is 0 Å². The van der Waals surface area contributed by atoms with Gasteiger partial charge in [-0.1, -0.05) is 24.3 Å². The zero-order valence-corrected chi connectivity index (χ0v) is 13.9. The van der Waals surface area contributed by atoms with Crippen LogP contribution in [0.5, 0.6) is 0 Å². The highest BCUT2D eigenvalue weighted by Gasteiger charge is 2.01. The molecule has 122 valence electrons. The molecule has 0 fully saturated rings. The second kappa shape index (κ2) is 8.36. The number of aromatic nitrogens is 1. The fourth-order valence-electron chi connectivity index (χ4n) is 1.67. The van der Waals surface area contributed by atoms with Crippen LogP contribution in [0.4, 0.5) is 0 Å². The molecule has 23 heavy (non-hydrogen) atoms. The predicted molar refractivity (Wildman–Crippen MR) is 86.0 cm³/mol. The minimum absolute atomic E-state index is 0.0979. The van der Waals surface area contributed by atoms with Crippen LogP contribution in [0, 0.1) is 6.92 Å². The lowest BCUT2D eigenvalue weighted by atomic mass is 10.2. The Labute approximate surface area is 136 Å². The Kier molecular flexibility index (Phi) is 6.81. The summed E-state index contributed by atoms with van der Waals surface area (Å²) in [4.78, 5) is 10.7. The molecule has 1 aromatic carbocycles. The maximum absolute atomic E-state index is 10.9. The van der Waals surface area contributed by atoms with Crippen LogP contribution in [0.2, 0.25) is 0 Å². The topological polar surface area (TPSA) is 78.1 Å². The molecule has 6 heteroatoms. The summed E-state index contributed by atoms with van der Waals surface area (Å²) < 4.78 is 33.1. The zero-order valence-electron chi connectivity index (χ0n) is 13.1. The summed E-state index contributed by atoms with van der Waals surface area (Å²) in [5, 5.41) is 0. The smallest absolute Gasteiger partial charge is 0.169 e. The standard InChI is InChI=1S/C10H12NO.C7H8O3S/c1-3-6-11-7-4-10(5-8-11)9(2)12;1-6-2-4-7(5-3-6)11(8,9)10/h3-5,7-8H,1,6H2,2H3;2-5H,1H3,(H,8,9,10)/q+1;/p-1. The van der Waals surface area contributed by atoms with Crippen LogP contribution in [-0.4, -0.2) is 18.8 Å². The lowest BCUT2D eigenvalue weighted by molar-refractivity contribution is -0.687. The molecule has 0 aliphatic carbocycles. The quantitative estimate of drug-likeness (QED) is 0.372. The van der Waals surface area contributed by atoms with Gasteiger partial charge in [-0.25, -0.2) is 13.0 Å². The van der Waals surface area contributed by atoms with Crippen LogP contribution in [0.1, 0.15) is 22.8 Å². The average Bonchev–Trinajstić information content (AvgIpc) is 2.48. The first-order valence-corrected chi connectivity index (χ1v) is 8.28. The van der Waals surface area contributed by atoms with Crippen LogP contribution in [0.25, 0.3) is 0 Å². The van der Waals surface area contributed by atoms with Crippen molar-refractivity contribution in [3.63, 3.8) is 0 Å². The van der Waals surface area contributed by atoms with E-state index in [1.807, 2.05) is 42.1 Å². The molecule has 0 aliphatic rings. The number of carbonyl (C=O) groups excluding carboxylic acids is 1. The first-order chi connectivity index (χ1) is 10.7. The summed E-state index contributed by atoms with van der Waals surface area (Å²) in [6.07, 6.45) is 5.56. The third kappa shape index (κ3) is 6.54. The number of allylic oxidation sites excluding steroid dienone is 1. The van der Waals surface area contributed by atoms with Gasteiger partial charge in [0.15, 0.2) is 24.7 Å². The van der Waals surface area contributed by atoms with Crippen LogP contribution in [-0.2, 0) is 16.7 Å². The van der Waals surface area contributed by atoms with Gasteiger partial charge in [0.1, 0.15) is 10.1 Å². The molecule has 0 saturated carbocycles. The normalized spacial score (nSPS) is 10.4. The van der Waals surface area contributed by atoms with Crippen molar-refractivity contribution in [2.45, 2.75) is 25.3 Å². The summed E-state index contributed by atoms with van der Waals surface area (Å²) in [5.41, 5.74) is 1.67. The molecule has 1 aromatic heterocycles. The molecule has 2 rings (SSSR count). The number of benzene rings is 1. The van der Waals surface area contributed by atoms with Gasteiger partial charge in [0.05, 0.1) is 4.90 Å². The first kappa shape index (κ1) is 18.7. The van der Waals surface area contributed by atoms with Crippen molar-refractivity contribution >= 4 is 15.9 Å². The van der Waals surface area contributed by atoms with Crippen molar-refractivity contribution in [3.05, 3.63) is 72.6 Å². The van der Waals surface area contributed by atoms with E-state index in [2.05, 4.69) is 6.58 Å². The number of carbonyl (C=O) groups is 1. The van der Waals surface area contributed by atoms with E-state index in [0.29, 0.717) is 0 Å². The van der Waals surface area contributed by atoms with Gasteiger partial charge in [0, 0.05) is 17.7 Å². The van der Waals surface area contributed by atoms with E-state index in [1.165, 1.54) is 12.1 Å². The van der Waals surface area contributed by atoms with E-state index in [0.717, 1.165) is 17.7 Å². The van der Waals surface area contributed by atoms with E-state index in [-0.39, 0.29) is 10.7 Å². The second-order valence-electron chi connectivity index (χ2n) is 4.90. The highest BCUT2D eigenvalue weighted by atomic mass is 32.2. The van der Waals surface area contributed by atoms with Gasteiger partial charge in [0.25, 0.3) is 0 Å². The number of rotatable bonds is 4. The third-order valence-electron chi connectivity index (χ3n) is 2.95.